The average molecular weight is 559 g/mol. The van der Waals surface area contributed by atoms with Gasteiger partial charge in [0.2, 0.25) is 17.7 Å². The average Bonchev–Trinajstić information content (AvgIpc) is 3.39. The van der Waals surface area contributed by atoms with E-state index in [0.717, 1.165) is 6.42 Å². The minimum absolute atomic E-state index is 0.0100. The number of halogens is 2. The summed E-state index contributed by atoms with van der Waals surface area (Å²) in [6.07, 6.45) is 1.34. The van der Waals surface area contributed by atoms with Crippen LogP contribution in [0.2, 0.25) is 5.02 Å². The minimum atomic E-state index is -0.804. The molecule has 3 fully saturated rings. The number of hydrogen-bond acceptors (Lipinski definition) is 5. The lowest BCUT2D eigenvalue weighted by Crippen LogP contribution is -2.56. The van der Waals surface area contributed by atoms with Crippen LogP contribution < -0.4 is 10.6 Å². The van der Waals surface area contributed by atoms with Crippen LogP contribution in [0.3, 0.4) is 0 Å². The molecule has 3 N–H and O–H groups in total. The third-order valence-corrected chi connectivity index (χ3v) is 11.0. The van der Waals surface area contributed by atoms with E-state index in [9.17, 15) is 19.5 Å². The highest BCUT2D eigenvalue weighted by molar-refractivity contribution is 9.09. The molecule has 3 amide bonds. The maximum absolute atomic E-state index is 14.0. The molecule has 33 heavy (non-hydrogen) atoms. The number of rotatable bonds is 7. The summed E-state index contributed by atoms with van der Waals surface area (Å²) < 4.78 is -0.746. The Morgan fingerprint density at radius 2 is 2.00 bits per heavy atom. The fourth-order valence-corrected chi connectivity index (χ4v) is 9.47. The zero-order valence-electron chi connectivity index (χ0n) is 18.8. The van der Waals surface area contributed by atoms with E-state index in [4.69, 9.17) is 11.6 Å². The van der Waals surface area contributed by atoms with Crippen molar-refractivity contribution in [2.75, 3.05) is 19.0 Å². The van der Waals surface area contributed by atoms with Crippen LogP contribution in [0.1, 0.15) is 26.7 Å². The van der Waals surface area contributed by atoms with Gasteiger partial charge in [-0.2, -0.15) is 0 Å². The van der Waals surface area contributed by atoms with E-state index in [1.165, 1.54) is 0 Å². The van der Waals surface area contributed by atoms with Crippen molar-refractivity contribution in [1.29, 1.82) is 0 Å². The van der Waals surface area contributed by atoms with E-state index >= 15 is 0 Å². The molecule has 1 spiro atoms. The Bertz CT molecular complexity index is 950. The van der Waals surface area contributed by atoms with Gasteiger partial charge in [-0.1, -0.05) is 47.8 Å². The molecule has 180 valence electrons. The van der Waals surface area contributed by atoms with Crippen LogP contribution in [0.15, 0.2) is 24.3 Å². The first kappa shape index (κ1) is 24.8. The van der Waals surface area contributed by atoms with Crippen LogP contribution in [0, 0.1) is 17.8 Å². The van der Waals surface area contributed by atoms with E-state index in [0.29, 0.717) is 17.1 Å². The lowest BCUT2D eigenvalue weighted by atomic mass is 9.70. The van der Waals surface area contributed by atoms with Crippen molar-refractivity contribution in [2.45, 2.75) is 53.6 Å². The number of carbonyl (C=O) groups is 3. The van der Waals surface area contributed by atoms with Crippen LogP contribution in [-0.2, 0) is 14.4 Å². The second kappa shape index (κ2) is 9.40. The van der Waals surface area contributed by atoms with E-state index in [1.54, 1.807) is 48.0 Å². The summed E-state index contributed by atoms with van der Waals surface area (Å²) in [5.41, 5.74) is 0.580. The van der Waals surface area contributed by atoms with Gasteiger partial charge in [0.05, 0.1) is 29.2 Å². The number of likely N-dealkylation sites (tertiary alicyclic amines) is 1. The molecule has 8 atom stereocenters. The zero-order valence-corrected chi connectivity index (χ0v) is 21.9. The number of nitrogens with one attached hydrogen (secondary N) is 2. The number of hydrogen-bond donors (Lipinski definition) is 3. The van der Waals surface area contributed by atoms with Crippen molar-refractivity contribution < 1.29 is 19.5 Å². The summed E-state index contributed by atoms with van der Waals surface area (Å²) in [7, 11) is 1.58. The van der Waals surface area contributed by atoms with Gasteiger partial charge in [0.15, 0.2) is 0 Å². The number of aliphatic hydroxyl groups is 1. The van der Waals surface area contributed by atoms with Gasteiger partial charge in [-0.25, -0.2) is 0 Å². The van der Waals surface area contributed by atoms with Gasteiger partial charge in [0.1, 0.15) is 6.04 Å². The Hall–Kier alpha value is -1.29. The SMILES string of the molecule is CC[C@H](C)[C@H](CO)N1C(=O)[C@@H]2[C@H](C(=O)NC)[C@H]3SC2(CC3Br)C1C(=O)Nc1ccc(Cl)cc1. The van der Waals surface area contributed by atoms with Crippen LogP contribution >= 0.6 is 39.3 Å². The highest BCUT2D eigenvalue weighted by Crippen LogP contribution is 2.68. The minimum Gasteiger partial charge on any atom is -0.394 e. The van der Waals surface area contributed by atoms with Gasteiger partial charge in [-0.15, -0.1) is 11.8 Å². The van der Waals surface area contributed by atoms with Crippen LogP contribution in [0.4, 0.5) is 5.69 Å². The molecule has 10 heteroatoms. The number of fused-ring (bicyclic) bond motifs is 1. The Kier molecular flexibility index (Phi) is 7.07. The lowest BCUT2D eigenvalue weighted by Gasteiger charge is -2.39. The number of thioether (sulfide) groups is 1. The fraction of sp³-hybridized carbons (Fsp3) is 0.609. The molecule has 1 aromatic rings. The molecule has 3 aliphatic heterocycles. The molecule has 4 rings (SSSR count). The summed E-state index contributed by atoms with van der Waals surface area (Å²) in [6.45, 7) is 3.73. The molecular formula is C23H29BrClN3O4S. The Balaban J connectivity index is 1.79. The topological polar surface area (TPSA) is 98.7 Å². The van der Waals surface area contributed by atoms with Crippen LogP contribution in [0.5, 0.6) is 0 Å². The van der Waals surface area contributed by atoms with Crippen LogP contribution in [-0.4, -0.2) is 68.3 Å². The Morgan fingerprint density at radius 3 is 2.58 bits per heavy atom. The summed E-state index contributed by atoms with van der Waals surface area (Å²) in [4.78, 5) is 42.3. The molecular weight excluding hydrogens is 530 g/mol. The maximum Gasteiger partial charge on any atom is 0.248 e. The van der Waals surface area contributed by atoms with Crippen molar-refractivity contribution >= 4 is 62.7 Å². The highest BCUT2D eigenvalue weighted by Gasteiger charge is 2.76. The number of alkyl halides is 1. The smallest absolute Gasteiger partial charge is 0.248 e. The Morgan fingerprint density at radius 1 is 1.33 bits per heavy atom. The number of amides is 3. The summed E-state index contributed by atoms with van der Waals surface area (Å²) in [5, 5.41) is 16.4. The molecule has 7 nitrogen and oxygen atoms in total. The predicted molar refractivity (Wildman–Crippen MR) is 134 cm³/mol. The molecule has 3 aliphatic rings. The van der Waals surface area contributed by atoms with Crippen molar-refractivity contribution in [1.82, 2.24) is 10.2 Å². The number of aliphatic hydroxyl groups excluding tert-OH is 1. The molecule has 3 unspecified atom stereocenters. The first-order valence-electron chi connectivity index (χ1n) is 11.2. The largest absolute Gasteiger partial charge is 0.394 e. The number of nitrogens with zero attached hydrogens (tertiary/aromatic N) is 1. The number of anilines is 1. The number of benzene rings is 1. The van der Waals surface area contributed by atoms with Crippen molar-refractivity contribution in [3.63, 3.8) is 0 Å². The second-order valence-corrected chi connectivity index (χ2v) is 12.3. The molecule has 1 aromatic carbocycles. The standard InChI is InChI=1S/C23H29BrClN3O4S/c1-4-11(2)15(10-29)28-19(21(31)27-13-7-5-12(25)6-8-13)23-9-14(24)18(33-23)16(20(30)26-3)17(23)22(28)32/h5-8,11,14-19,29H,4,9-10H2,1-3H3,(H,26,30)(H,27,31)/t11-,14?,15-,16-,17-,18-,19?,23?/m0/s1. The van der Waals surface area contributed by atoms with Gasteiger partial charge < -0.3 is 20.6 Å². The molecule has 0 saturated carbocycles. The lowest BCUT2D eigenvalue weighted by molar-refractivity contribution is -0.143. The normalized spacial score (nSPS) is 34.2. The molecule has 0 aromatic heterocycles. The summed E-state index contributed by atoms with van der Waals surface area (Å²) in [5.74, 6) is -1.85. The number of carbonyl (C=O) groups excluding carboxylic acids is 3. The molecule has 0 radical (unpaired) electrons. The van der Waals surface area contributed by atoms with Crippen molar-refractivity contribution in [3.05, 3.63) is 29.3 Å². The van der Waals surface area contributed by atoms with E-state index in [-0.39, 0.29) is 40.3 Å². The van der Waals surface area contributed by atoms with Gasteiger partial charge in [0, 0.05) is 27.8 Å². The van der Waals surface area contributed by atoms with Gasteiger partial charge in [0.25, 0.3) is 0 Å². The summed E-state index contributed by atoms with van der Waals surface area (Å²) in [6, 6.07) is 5.50. The molecule has 0 aliphatic carbocycles. The second-order valence-electron chi connectivity index (χ2n) is 9.15. The highest BCUT2D eigenvalue weighted by atomic mass is 79.9. The molecule has 3 heterocycles. The van der Waals surface area contributed by atoms with Crippen molar-refractivity contribution in [3.8, 4) is 0 Å². The third-order valence-electron chi connectivity index (χ3n) is 7.48. The fourth-order valence-electron chi connectivity index (χ4n) is 5.75. The predicted octanol–water partition coefficient (Wildman–Crippen LogP) is 2.90. The maximum atomic E-state index is 14.0. The van der Waals surface area contributed by atoms with Crippen molar-refractivity contribution in [2.24, 2.45) is 17.8 Å². The van der Waals surface area contributed by atoms with Gasteiger partial charge >= 0.3 is 0 Å². The Labute approximate surface area is 211 Å². The van der Waals surface area contributed by atoms with E-state index in [1.807, 2.05) is 13.8 Å². The molecule has 3 saturated heterocycles. The molecule has 2 bridgehead atoms. The monoisotopic (exact) mass is 557 g/mol. The van der Waals surface area contributed by atoms with E-state index in [2.05, 4.69) is 26.6 Å². The van der Waals surface area contributed by atoms with Crippen LogP contribution in [0.25, 0.3) is 0 Å². The zero-order chi connectivity index (χ0) is 24.1. The first-order valence-corrected chi connectivity index (χ1v) is 13.4. The quantitative estimate of drug-likeness (QED) is 0.447. The van der Waals surface area contributed by atoms with E-state index < -0.39 is 28.7 Å². The summed E-state index contributed by atoms with van der Waals surface area (Å²) >= 11 is 11.3. The van der Waals surface area contributed by atoms with Gasteiger partial charge in [-0.3, -0.25) is 14.4 Å². The van der Waals surface area contributed by atoms with Gasteiger partial charge in [-0.05, 0) is 36.6 Å². The third kappa shape index (κ3) is 3.89. The first-order chi connectivity index (χ1) is 15.7.